The maximum absolute atomic E-state index is 5.48. The first-order chi connectivity index (χ1) is 7.63. The topological polar surface area (TPSA) is 63.0 Å². The molecule has 1 aromatic heterocycles. The Morgan fingerprint density at radius 3 is 2.75 bits per heavy atom. The number of aromatic nitrogens is 2. The molecule has 0 bridgehead atoms. The van der Waals surface area contributed by atoms with Gasteiger partial charge in [-0.05, 0) is 18.8 Å². The second-order valence-corrected chi connectivity index (χ2v) is 4.95. The fourth-order valence-electron chi connectivity index (χ4n) is 1.87. The van der Waals surface area contributed by atoms with Gasteiger partial charge in [-0.25, -0.2) is 0 Å². The third kappa shape index (κ3) is 2.95. The van der Waals surface area contributed by atoms with Crippen molar-refractivity contribution in [2.75, 3.05) is 5.32 Å². The lowest BCUT2D eigenvalue weighted by atomic mass is 9.82. The Labute approximate surface area is 96.0 Å². The summed E-state index contributed by atoms with van der Waals surface area (Å²) in [5.41, 5.74) is 0. The molecule has 0 unspecified atom stereocenters. The summed E-state index contributed by atoms with van der Waals surface area (Å²) in [6.07, 6.45) is 2.39. The summed E-state index contributed by atoms with van der Waals surface area (Å²) in [7, 11) is 0. The van der Waals surface area contributed by atoms with Gasteiger partial charge in [0.25, 0.3) is 0 Å². The Hall–Kier alpha value is -1.10. The van der Waals surface area contributed by atoms with Crippen LogP contribution in [0.25, 0.3) is 0 Å². The van der Waals surface area contributed by atoms with Crippen LogP contribution in [0.3, 0.4) is 0 Å². The Kier molecular flexibility index (Phi) is 3.43. The second kappa shape index (κ2) is 4.82. The summed E-state index contributed by atoms with van der Waals surface area (Å²) in [5.74, 6) is 1.46. The van der Waals surface area contributed by atoms with E-state index in [4.69, 9.17) is 4.42 Å². The molecule has 1 heterocycles. The molecule has 2 N–H and O–H groups in total. The highest BCUT2D eigenvalue weighted by Gasteiger charge is 2.26. The van der Waals surface area contributed by atoms with E-state index in [1.165, 1.54) is 12.8 Å². The van der Waals surface area contributed by atoms with Gasteiger partial charge in [-0.3, -0.25) is 0 Å². The molecule has 5 heteroatoms. The number of nitrogens with one attached hydrogen (secondary N) is 2. The van der Waals surface area contributed by atoms with Crippen molar-refractivity contribution in [1.29, 1.82) is 0 Å². The molecule has 0 saturated heterocycles. The van der Waals surface area contributed by atoms with Crippen molar-refractivity contribution in [2.45, 2.75) is 52.2 Å². The zero-order valence-corrected chi connectivity index (χ0v) is 10.2. The largest absolute Gasteiger partial charge is 0.407 e. The van der Waals surface area contributed by atoms with Crippen molar-refractivity contribution in [1.82, 2.24) is 15.5 Å². The highest BCUT2D eigenvalue weighted by molar-refractivity contribution is 5.21. The van der Waals surface area contributed by atoms with Crippen LogP contribution >= 0.6 is 0 Å². The molecule has 1 aliphatic carbocycles. The van der Waals surface area contributed by atoms with Gasteiger partial charge in [0, 0.05) is 12.1 Å². The first-order valence-corrected chi connectivity index (χ1v) is 5.95. The number of hydrogen-bond donors (Lipinski definition) is 2. The van der Waals surface area contributed by atoms with Gasteiger partial charge in [0.1, 0.15) is 0 Å². The van der Waals surface area contributed by atoms with Gasteiger partial charge in [-0.2, -0.15) is 0 Å². The summed E-state index contributed by atoms with van der Waals surface area (Å²) in [6, 6.07) is 1.50. The zero-order valence-electron chi connectivity index (χ0n) is 10.2. The van der Waals surface area contributed by atoms with E-state index in [0.717, 1.165) is 5.92 Å². The lowest BCUT2D eigenvalue weighted by Crippen LogP contribution is -2.33. The van der Waals surface area contributed by atoms with Gasteiger partial charge in [-0.15, -0.1) is 5.10 Å². The zero-order chi connectivity index (χ0) is 11.5. The molecule has 0 aromatic carbocycles. The molecule has 1 aliphatic rings. The van der Waals surface area contributed by atoms with E-state index in [9.17, 15) is 0 Å². The van der Waals surface area contributed by atoms with Crippen molar-refractivity contribution in [2.24, 2.45) is 5.92 Å². The summed E-state index contributed by atoms with van der Waals surface area (Å²) in [5, 5.41) is 14.4. The van der Waals surface area contributed by atoms with Gasteiger partial charge < -0.3 is 15.1 Å². The number of rotatable bonds is 5. The molecular weight excluding hydrogens is 204 g/mol. The predicted molar refractivity (Wildman–Crippen MR) is 62.1 cm³/mol. The molecule has 1 saturated carbocycles. The Morgan fingerprint density at radius 1 is 1.38 bits per heavy atom. The van der Waals surface area contributed by atoms with Crippen LogP contribution in [0.2, 0.25) is 0 Å². The average molecular weight is 224 g/mol. The van der Waals surface area contributed by atoms with Crippen molar-refractivity contribution < 1.29 is 4.42 Å². The SMILES string of the molecule is CC1CC(Nc2nnc(CNC(C)C)o2)C1. The molecule has 0 radical (unpaired) electrons. The molecule has 1 aromatic rings. The van der Waals surface area contributed by atoms with Crippen LogP contribution in [-0.4, -0.2) is 22.3 Å². The van der Waals surface area contributed by atoms with Gasteiger partial charge in [0.15, 0.2) is 0 Å². The third-order valence-corrected chi connectivity index (χ3v) is 2.83. The third-order valence-electron chi connectivity index (χ3n) is 2.83. The fourth-order valence-corrected chi connectivity index (χ4v) is 1.87. The highest BCUT2D eigenvalue weighted by Crippen LogP contribution is 2.28. The lowest BCUT2D eigenvalue weighted by Gasteiger charge is -2.32. The Balaban J connectivity index is 1.78. The summed E-state index contributed by atoms with van der Waals surface area (Å²) < 4.78 is 5.48. The van der Waals surface area contributed by atoms with Crippen LogP contribution in [0.15, 0.2) is 4.42 Å². The monoisotopic (exact) mass is 224 g/mol. The number of anilines is 1. The van der Waals surface area contributed by atoms with E-state index in [2.05, 4.69) is 41.6 Å². The van der Waals surface area contributed by atoms with Crippen molar-refractivity contribution >= 4 is 6.01 Å². The maximum atomic E-state index is 5.48. The smallest absolute Gasteiger partial charge is 0.315 e. The molecule has 0 aliphatic heterocycles. The molecule has 5 nitrogen and oxygen atoms in total. The molecule has 16 heavy (non-hydrogen) atoms. The number of nitrogens with zero attached hydrogens (tertiary/aromatic N) is 2. The lowest BCUT2D eigenvalue weighted by molar-refractivity contribution is 0.302. The van der Waals surface area contributed by atoms with E-state index >= 15 is 0 Å². The van der Waals surface area contributed by atoms with Gasteiger partial charge in [0.2, 0.25) is 5.89 Å². The molecule has 0 atom stereocenters. The average Bonchev–Trinajstić information content (AvgIpc) is 2.60. The van der Waals surface area contributed by atoms with Crippen LogP contribution in [0.4, 0.5) is 6.01 Å². The molecule has 90 valence electrons. The summed E-state index contributed by atoms with van der Waals surface area (Å²) in [6.45, 7) is 7.06. The number of hydrogen-bond acceptors (Lipinski definition) is 5. The van der Waals surface area contributed by atoms with Crippen LogP contribution in [0.5, 0.6) is 0 Å². The second-order valence-electron chi connectivity index (χ2n) is 4.95. The standard InChI is InChI=1S/C11H20N4O/c1-7(2)12-6-10-14-15-11(16-10)13-9-4-8(3)5-9/h7-9,12H,4-6H2,1-3H3,(H,13,15). The van der Waals surface area contributed by atoms with E-state index in [1.807, 2.05) is 0 Å². The van der Waals surface area contributed by atoms with E-state index in [1.54, 1.807) is 0 Å². The summed E-state index contributed by atoms with van der Waals surface area (Å²) >= 11 is 0. The molecule has 2 rings (SSSR count). The molecular formula is C11H20N4O. The van der Waals surface area contributed by atoms with E-state index < -0.39 is 0 Å². The Morgan fingerprint density at radius 2 is 2.12 bits per heavy atom. The van der Waals surface area contributed by atoms with Crippen LogP contribution in [0, 0.1) is 5.92 Å². The van der Waals surface area contributed by atoms with E-state index in [0.29, 0.717) is 30.5 Å². The van der Waals surface area contributed by atoms with Crippen molar-refractivity contribution in [3.63, 3.8) is 0 Å². The highest BCUT2D eigenvalue weighted by atomic mass is 16.4. The Bertz CT molecular complexity index is 330. The van der Waals surface area contributed by atoms with Crippen molar-refractivity contribution in [3.05, 3.63) is 5.89 Å². The summed E-state index contributed by atoms with van der Waals surface area (Å²) in [4.78, 5) is 0. The maximum Gasteiger partial charge on any atom is 0.315 e. The minimum Gasteiger partial charge on any atom is -0.407 e. The van der Waals surface area contributed by atoms with Gasteiger partial charge in [-0.1, -0.05) is 25.9 Å². The fraction of sp³-hybridized carbons (Fsp3) is 0.818. The van der Waals surface area contributed by atoms with Crippen LogP contribution in [-0.2, 0) is 6.54 Å². The first kappa shape index (κ1) is 11.4. The molecule has 0 amide bonds. The molecule has 1 fully saturated rings. The van der Waals surface area contributed by atoms with E-state index in [-0.39, 0.29) is 0 Å². The quantitative estimate of drug-likeness (QED) is 0.798. The van der Waals surface area contributed by atoms with Crippen LogP contribution < -0.4 is 10.6 Å². The normalized spacial score (nSPS) is 24.5. The van der Waals surface area contributed by atoms with Gasteiger partial charge >= 0.3 is 6.01 Å². The predicted octanol–water partition coefficient (Wildman–Crippen LogP) is 1.78. The van der Waals surface area contributed by atoms with Crippen molar-refractivity contribution in [3.8, 4) is 0 Å². The van der Waals surface area contributed by atoms with Gasteiger partial charge in [0.05, 0.1) is 6.54 Å². The minimum atomic E-state index is 0.427. The molecule has 0 spiro atoms. The minimum absolute atomic E-state index is 0.427. The first-order valence-electron chi connectivity index (χ1n) is 5.95. The van der Waals surface area contributed by atoms with Crippen LogP contribution in [0.1, 0.15) is 39.5 Å².